The lowest BCUT2D eigenvalue weighted by atomic mass is 9.88. The highest BCUT2D eigenvalue weighted by Crippen LogP contribution is 2.44. The summed E-state index contributed by atoms with van der Waals surface area (Å²) in [6, 6.07) is 10.8. The summed E-state index contributed by atoms with van der Waals surface area (Å²) in [5.41, 5.74) is 1.44. The number of hydrogen-bond acceptors (Lipinski definition) is 4. The number of amides is 1. The number of carbonyl (C=O) groups excluding carboxylic acids is 1. The molecule has 2 N–H and O–H groups in total. The van der Waals surface area contributed by atoms with E-state index < -0.39 is 11.9 Å². The monoisotopic (exact) mass is 482 g/mol. The van der Waals surface area contributed by atoms with Crippen LogP contribution in [0.1, 0.15) is 44.1 Å². The summed E-state index contributed by atoms with van der Waals surface area (Å²) < 4.78 is 0. The van der Waals surface area contributed by atoms with Crippen molar-refractivity contribution in [2.75, 3.05) is 32.7 Å². The van der Waals surface area contributed by atoms with Gasteiger partial charge in [0.2, 0.25) is 5.91 Å². The number of rotatable bonds is 5. The number of allylic oxidation sites excluding steroid dienone is 2. The van der Waals surface area contributed by atoms with E-state index in [9.17, 15) is 4.79 Å². The summed E-state index contributed by atoms with van der Waals surface area (Å²) in [5, 5.41) is 14.8. The molecule has 7 heteroatoms. The molecule has 0 aromatic heterocycles. The van der Waals surface area contributed by atoms with Gasteiger partial charge in [0.25, 0.3) is 0 Å². The van der Waals surface area contributed by atoms with Crippen molar-refractivity contribution in [2.24, 2.45) is 29.6 Å². The van der Waals surface area contributed by atoms with Gasteiger partial charge in [0.15, 0.2) is 0 Å². The fourth-order valence-corrected chi connectivity index (χ4v) is 6.42. The van der Waals surface area contributed by atoms with Gasteiger partial charge in [-0.05, 0) is 80.7 Å². The molecule has 2 aliphatic carbocycles. The third-order valence-electron chi connectivity index (χ3n) is 8.24. The number of piperidine rings is 2. The van der Waals surface area contributed by atoms with Crippen LogP contribution in [-0.4, -0.2) is 70.6 Å². The molecule has 4 aliphatic rings. The molecule has 0 spiro atoms. The van der Waals surface area contributed by atoms with Crippen LogP contribution >= 0.6 is 0 Å². The Bertz CT molecular complexity index is 897. The third kappa shape index (κ3) is 6.94. The lowest BCUT2D eigenvalue weighted by Gasteiger charge is -2.39. The molecule has 0 radical (unpaired) electrons. The van der Waals surface area contributed by atoms with Gasteiger partial charge < -0.3 is 20.0 Å². The van der Waals surface area contributed by atoms with Crippen molar-refractivity contribution in [1.82, 2.24) is 9.80 Å². The standard InChI is InChI=1S/C26H36N2O.C2H2O4/c29-26(28-13-10-21(11-14-28)15-20-5-2-1-3-6-20)24-7-4-12-27(18-24)19-25-17-22-8-9-23(25)16-22;3-1(4)2(5)6/h1-3,5-6,8-9,21-25H,4,7,10-19H2;(H,3,4)(H,5,6). The predicted molar refractivity (Wildman–Crippen MR) is 133 cm³/mol. The normalized spacial score (nSPS) is 28.4. The minimum Gasteiger partial charge on any atom is -0.473 e. The summed E-state index contributed by atoms with van der Waals surface area (Å²) >= 11 is 0. The molecule has 4 atom stereocenters. The molecule has 3 fully saturated rings. The Hall–Kier alpha value is -2.67. The van der Waals surface area contributed by atoms with Crippen molar-refractivity contribution in [2.45, 2.75) is 44.9 Å². The highest BCUT2D eigenvalue weighted by atomic mass is 16.4. The van der Waals surface area contributed by atoms with Gasteiger partial charge in [-0.15, -0.1) is 0 Å². The maximum absolute atomic E-state index is 13.2. The second-order valence-corrected chi connectivity index (χ2v) is 10.7. The minimum atomic E-state index is -1.82. The van der Waals surface area contributed by atoms with Crippen LogP contribution in [0.2, 0.25) is 0 Å². The van der Waals surface area contributed by atoms with E-state index in [1.54, 1.807) is 0 Å². The molecule has 4 unspecified atom stereocenters. The molecule has 1 aromatic rings. The molecule has 2 bridgehead atoms. The fraction of sp³-hybridized carbons (Fsp3) is 0.607. The van der Waals surface area contributed by atoms with Crippen LogP contribution in [-0.2, 0) is 20.8 Å². The molecule has 35 heavy (non-hydrogen) atoms. The van der Waals surface area contributed by atoms with Gasteiger partial charge in [-0.2, -0.15) is 0 Å². The van der Waals surface area contributed by atoms with Crippen LogP contribution in [0.3, 0.4) is 0 Å². The number of carbonyl (C=O) groups is 3. The first kappa shape index (κ1) is 25.4. The van der Waals surface area contributed by atoms with E-state index >= 15 is 0 Å². The Morgan fingerprint density at radius 1 is 0.886 bits per heavy atom. The van der Waals surface area contributed by atoms with Crippen molar-refractivity contribution in [3.8, 4) is 0 Å². The van der Waals surface area contributed by atoms with E-state index in [4.69, 9.17) is 19.8 Å². The smallest absolute Gasteiger partial charge is 0.414 e. The lowest BCUT2D eigenvalue weighted by molar-refractivity contribution is -0.159. The van der Waals surface area contributed by atoms with E-state index in [1.165, 1.54) is 37.9 Å². The minimum absolute atomic E-state index is 0.239. The van der Waals surface area contributed by atoms with E-state index in [2.05, 4.69) is 52.3 Å². The highest BCUT2D eigenvalue weighted by molar-refractivity contribution is 6.27. The number of benzene rings is 1. The van der Waals surface area contributed by atoms with Crippen LogP contribution in [0.15, 0.2) is 42.5 Å². The summed E-state index contributed by atoms with van der Waals surface area (Å²) in [4.78, 5) is 36.2. The van der Waals surface area contributed by atoms with Gasteiger partial charge in [0, 0.05) is 26.2 Å². The molecule has 190 valence electrons. The first-order valence-electron chi connectivity index (χ1n) is 13.1. The second kappa shape index (κ2) is 11.8. The summed E-state index contributed by atoms with van der Waals surface area (Å²) in [6.07, 6.45) is 13.4. The zero-order valence-electron chi connectivity index (χ0n) is 20.4. The highest BCUT2D eigenvalue weighted by Gasteiger charge is 2.38. The number of carboxylic acid groups (broad SMARTS) is 2. The molecule has 2 aliphatic heterocycles. The van der Waals surface area contributed by atoms with Crippen molar-refractivity contribution >= 4 is 17.8 Å². The predicted octanol–water partition coefficient (Wildman–Crippen LogP) is 3.55. The van der Waals surface area contributed by atoms with Crippen LogP contribution in [0, 0.1) is 29.6 Å². The molecule has 1 amide bonds. The molecule has 5 rings (SSSR count). The Balaban J connectivity index is 0.000000431. The summed E-state index contributed by atoms with van der Waals surface area (Å²) in [6.45, 7) is 5.34. The molecular formula is C28H38N2O5. The average molecular weight is 483 g/mol. The Labute approximate surface area is 207 Å². The van der Waals surface area contributed by atoms with Crippen molar-refractivity contribution in [1.29, 1.82) is 0 Å². The fourth-order valence-electron chi connectivity index (χ4n) is 6.42. The van der Waals surface area contributed by atoms with Gasteiger partial charge in [0.05, 0.1) is 5.92 Å². The lowest BCUT2D eigenvalue weighted by Crippen LogP contribution is -2.48. The van der Waals surface area contributed by atoms with Gasteiger partial charge in [-0.1, -0.05) is 42.5 Å². The van der Waals surface area contributed by atoms with Crippen molar-refractivity contribution < 1.29 is 24.6 Å². The number of nitrogens with zero attached hydrogens (tertiary/aromatic N) is 2. The van der Waals surface area contributed by atoms with E-state index in [1.807, 2.05) is 0 Å². The molecule has 7 nitrogen and oxygen atoms in total. The van der Waals surface area contributed by atoms with E-state index in [0.29, 0.717) is 5.91 Å². The first-order valence-corrected chi connectivity index (χ1v) is 13.1. The molecule has 2 heterocycles. The number of carboxylic acids is 2. The number of hydrogen-bond donors (Lipinski definition) is 2. The number of likely N-dealkylation sites (tertiary alicyclic amines) is 2. The van der Waals surface area contributed by atoms with E-state index in [0.717, 1.165) is 69.0 Å². The maximum Gasteiger partial charge on any atom is 0.414 e. The summed E-state index contributed by atoms with van der Waals surface area (Å²) in [5.74, 6) is 0.279. The van der Waals surface area contributed by atoms with Crippen LogP contribution < -0.4 is 0 Å². The molecule has 1 saturated carbocycles. The van der Waals surface area contributed by atoms with E-state index in [-0.39, 0.29) is 5.92 Å². The first-order chi connectivity index (χ1) is 16.9. The quantitative estimate of drug-likeness (QED) is 0.492. The molecule has 2 saturated heterocycles. The molecular weight excluding hydrogens is 444 g/mol. The van der Waals surface area contributed by atoms with Crippen LogP contribution in [0.4, 0.5) is 0 Å². The van der Waals surface area contributed by atoms with Crippen molar-refractivity contribution in [3.05, 3.63) is 48.0 Å². The third-order valence-corrected chi connectivity index (χ3v) is 8.24. The SMILES string of the molecule is O=C(C1CCCN(CC2CC3C=CC2C3)C1)N1CCC(Cc2ccccc2)CC1.O=C(O)C(=O)O. The molecule has 1 aromatic carbocycles. The summed E-state index contributed by atoms with van der Waals surface area (Å²) in [7, 11) is 0. The zero-order valence-corrected chi connectivity index (χ0v) is 20.4. The van der Waals surface area contributed by atoms with Gasteiger partial charge >= 0.3 is 11.9 Å². The maximum atomic E-state index is 13.2. The van der Waals surface area contributed by atoms with Gasteiger partial charge in [-0.3, -0.25) is 4.79 Å². The Morgan fingerprint density at radius 3 is 2.20 bits per heavy atom. The number of aliphatic carboxylic acids is 2. The topological polar surface area (TPSA) is 98.2 Å². The second-order valence-electron chi connectivity index (χ2n) is 10.7. The Morgan fingerprint density at radius 2 is 1.60 bits per heavy atom. The van der Waals surface area contributed by atoms with Crippen LogP contribution in [0.5, 0.6) is 0 Å². The van der Waals surface area contributed by atoms with Crippen LogP contribution in [0.25, 0.3) is 0 Å². The van der Waals surface area contributed by atoms with Gasteiger partial charge in [0.1, 0.15) is 0 Å². The Kier molecular flexibility index (Phi) is 8.60. The van der Waals surface area contributed by atoms with Gasteiger partial charge in [-0.25, -0.2) is 9.59 Å². The zero-order chi connectivity index (χ0) is 24.8. The van der Waals surface area contributed by atoms with Crippen molar-refractivity contribution in [3.63, 3.8) is 0 Å². The average Bonchev–Trinajstić information content (AvgIpc) is 3.49. The number of fused-ring (bicyclic) bond motifs is 2. The largest absolute Gasteiger partial charge is 0.473 e.